The van der Waals surface area contributed by atoms with Gasteiger partial charge >= 0.3 is 0 Å². The van der Waals surface area contributed by atoms with Crippen LogP contribution in [-0.2, 0) is 14.6 Å². The van der Waals surface area contributed by atoms with Crippen LogP contribution in [0, 0.1) is 0 Å². The van der Waals surface area contributed by atoms with E-state index in [-0.39, 0.29) is 24.1 Å². The van der Waals surface area contributed by atoms with E-state index in [1.54, 1.807) is 29.2 Å². The number of hydrogen-bond donors (Lipinski definition) is 1. The van der Waals surface area contributed by atoms with Crippen LogP contribution in [0.25, 0.3) is 0 Å². The van der Waals surface area contributed by atoms with E-state index in [2.05, 4.69) is 12.2 Å². The van der Waals surface area contributed by atoms with Gasteiger partial charge in [0.15, 0.2) is 0 Å². The topological polar surface area (TPSA) is 96.0 Å². The molecule has 1 N–H and O–H groups in total. The van der Waals surface area contributed by atoms with Crippen molar-refractivity contribution in [1.29, 1.82) is 0 Å². The lowest BCUT2D eigenvalue weighted by atomic mass is 10.2. The van der Waals surface area contributed by atoms with Crippen molar-refractivity contribution in [2.24, 2.45) is 0 Å². The van der Waals surface area contributed by atoms with Crippen molar-refractivity contribution in [3.05, 3.63) is 29.8 Å². The van der Waals surface area contributed by atoms with Gasteiger partial charge in [-0.15, -0.1) is 0 Å². The van der Waals surface area contributed by atoms with Crippen molar-refractivity contribution in [2.75, 3.05) is 57.9 Å². The summed E-state index contributed by atoms with van der Waals surface area (Å²) in [7, 11) is -2.98. The van der Waals surface area contributed by atoms with Crippen molar-refractivity contribution in [3.8, 4) is 5.75 Å². The largest absolute Gasteiger partial charge is 0.494 e. The molecule has 0 spiro atoms. The van der Waals surface area contributed by atoms with Crippen LogP contribution in [0.3, 0.4) is 0 Å². The second-order valence-corrected chi connectivity index (χ2v) is 9.52. The number of nitrogens with one attached hydrogen (secondary N) is 1. The lowest BCUT2D eigenvalue weighted by Gasteiger charge is -2.34. The van der Waals surface area contributed by atoms with E-state index in [0.29, 0.717) is 44.9 Å². The lowest BCUT2D eigenvalue weighted by Crippen LogP contribution is -2.51. The van der Waals surface area contributed by atoms with Crippen LogP contribution in [0.1, 0.15) is 30.1 Å². The standard InChI is InChI=1S/C20H31N3O5S/c1-3-4-14-28-18-7-5-17(6-8-18)20(25)21-16-19(24)23-11-9-22(10-12-23)13-15-29(2,26)27/h5-8H,3-4,9-16H2,1-2H3,(H,21,25). The van der Waals surface area contributed by atoms with E-state index in [4.69, 9.17) is 4.74 Å². The highest BCUT2D eigenvalue weighted by molar-refractivity contribution is 7.90. The van der Waals surface area contributed by atoms with Gasteiger partial charge < -0.3 is 15.0 Å². The van der Waals surface area contributed by atoms with Crippen LogP contribution in [0.4, 0.5) is 0 Å². The number of sulfone groups is 1. The summed E-state index contributed by atoms with van der Waals surface area (Å²) >= 11 is 0. The summed E-state index contributed by atoms with van der Waals surface area (Å²) in [5.41, 5.74) is 0.478. The third-order valence-corrected chi connectivity index (χ3v) is 5.71. The number of hydrogen-bond acceptors (Lipinski definition) is 6. The monoisotopic (exact) mass is 425 g/mol. The molecule has 0 aliphatic carbocycles. The summed E-state index contributed by atoms with van der Waals surface area (Å²) in [4.78, 5) is 28.3. The number of unbranched alkanes of at least 4 members (excludes halogenated alkanes) is 1. The zero-order valence-corrected chi connectivity index (χ0v) is 18.0. The Hall–Kier alpha value is -2.13. The first-order valence-electron chi connectivity index (χ1n) is 9.97. The number of nitrogens with zero attached hydrogens (tertiary/aromatic N) is 2. The van der Waals surface area contributed by atoms with Crippen LogP contribution < -0.4 is 10.1 Å². The van der Waals surface area contributed by atoms with Crippen LogP contribution in [0.5, 0.6) is 5.75 Å². The van der Waals surface area contributed by atoms with E-state index < -0.39 is 9.84 Å². The van der Waals surface area contributed by atoms with E-state index in [1.807, 2.05) is 4.90 Å². The molecule has 1 fully saturated rings. The summed E-state index contributed by atoms with van der Waals surface area (Å²) in [6, 6.07) is 6.87. The van der Waals surface area contributed by atoms with Gasteiger partial charge in [0.1, 0.15) is 15.6 Å². The molecule has 1 aromatic carbocycles. The predicted octanol–water partition coefficient (Wildman–Crippen LogP) is 0.784. The summed E-state index contributed by atoms with van der Waals surface area (Å²) in [6.45, 7) is 5.50. The van der Waals surface area contributed by atoms with E-state index in [9.17, 15) is 18.0 Å². The maximum atomic E-state index is 12.3. The summed E-state index contributed by atoms with van der Waals surface area (Å²) in [6.07, 6.45) is 3.27. The molecular weight excluding hydrogens is 394 g/mol. The Bertz CT molecular complexity index is 772. The fourth-order valence-corrected chi connectivity index (χ4v) is 3.51. The van der Waals surface area contributed by atoms with Crippen molar-refractivity contribution in [2.45, 2.75) is 19.8 Å². The fourth-order valence-electron chi connectivity index (χ4n) is 2.92. The highest BCUT2D eigenvalue weighted by Gasteiger charge is 2.22. The molecule has 9 heteroatoms. The van der Waals surface area contributed by atoms with Gasteiger partial charge in [-0.25, -0.2) is 8.42 Å². The average Bonchev–Trinajstić information content (AvgIpc) is 2.71. The van der Waals surface area contributed by atoms with Gasteiger partial charge in [-0.05, 0) is 30.7 Å². The van der Waals surface area contributed by atoms with Gasteiger partial charge in [0.2, 0.25) is 5.91 Å². The van der Waals surface area contributed by atoms with E-state index in [0.717, 1.165) is 18.6 Å². The number of carbonyl (C=O) groups is 2. The number of amides is 2. The van der Waals surface area contributed by atoms with Crippen LogP contribution in [0.15, 0.2) is 24.3 Å². The molecule has 0 unspecified atom stereocenters. The molecular formula is C20H31N3O5S. The molecule has 2 amide bonds. The highest BCUT2D eigenvalue weighted by atomic mass is 32.2. The Morgan fingerprint density at radius 3 is 2.34 bits per heavy atom. The van der Waals surface area contributed by atoms with Crippen molar-refractivity contribution in [1.82, 2.24) is 15.1 Å². The third kappa shape index (κ3) is 8.41. The normalized spacial score (nSPS) is 15.2. The molecule has 1 aromatic rings. The molecule has 0 bridgehead atoms. The summed E-state index contributed by atoms with van der Waals surface area (Å²) < 4.78 is 28.1. The molecule has 0 saturated carbocycles. The Morgan fingerprint density at radius 2 is 1.76 bits per heavy atom. The van der Waals surface area contributed by atoms with Gasteiger partial charge in [-0.3, -0.25) is 14.5 Å². The van der Waals surface area contributed by atoms with Crippen LogP contribution >= 0.6 is 0 Å². The first-order valence-corrected chi connectivity index (χ1v) is 12.0. The minimum atomic E-state index is -2.98. The quantitative estimate of drug-likeness (QED) is 0.557. The first kappa shape index (κ1) is 23.2. The van der Waals surface area contributed by atoms with Gasteiger partial charge in [-0.1, -0.05) is 13.3 Å². The molecule has 0 atom stereocenters. The Kier molecular flexibility index (Phi) is 8.91. The predicted molar refractivity (Wildman–Crippen MR) is 112 cm³/mol. The smallest absolute Gasteiger partial charge is 0.251 e. The highest BCUT2D eigenvalue weighted by Crippen LogP contribution is 2.12. The SMILES string of the molecule is CCCCOc1ccc(C(=O)NCC(=O)N2CCN(CCS(C)(=O)=O)CC2)cc1. The number of benzene rings is 1. The number of rotatable bonds is 10. The fraction of sp³-hybridized carbons (Fsp3) is 0.600. The minimum absolute atomic E-state index is 0.0586. The maximum absolute atomic E-state index is 12.3. The third-order valence-electron chi connectivity index (χ3n) is 4.79. The van der Waals surface area contributed by atoms with Crippen molar-refractivity contribution in [3.63, 3.8) is 0 Å². The number of piperazine rings is 1. The number of carbonyl (C=O) groups excluding carboxylic acids is 2. The van der Waals surface area contributed by atoms with E-state index in [1.165, 1.54) is 6.26 Å². The molecule has 1 heterocycles. The molecule has 0 radical (unpaired) electrons. The lowest BCUT2D eigenvalue weighted by molar-refractivity contribution is -0.131. The Balaban J connectivity index is 1.71. The zero-order chi connectivity index (χ0) is 21.3. The second-order valence-electron chi connectivity index (χ2n) is 7.26. The van der Waals surface area contributed by atoms with Gasteiger partial charge in [-0.2, -0.15) is 0 Å². The summed E-state index contributed by atoms with van der Waals surface area (Å²) in [5.74, 6) is 0.407. The Labute approximate surface area is 173 Å². The Morgan fingerprint density at radius 1 is 1.10 bits per heavy atom. The van der Waals surface area contributed by atoms with Crippen molar-refractivity contribution >= 4 is 21.7 Å². The van der Waals surface area contributed by atoms with Gasteiger partial charge in [0, 0.05) is 44.5 Å². The first-order chi connectivity index (χ1) is 13.8. The van der Waals surface area contributed by atoms with Gasteiger partial charge in [0.05, 0.1) is 18.9 Å². The molecule has 1 saturated heterocycles. The van der Waals surface area contributed by atoms with Crippen LogP contribution in [-0.4, -0.2) is 87.9 Å². The average molecular weight is 426 g/mol. The van der Waals surface area contributed by atoms with Crippen LogP contribution in [0.2, 0.25) is 0 Å². The molecule has 0 aromatic heterocycles. The molecule has 1 aliphatic rings. The second kappa shape index (κ2) is 11.2. The van der Waals surface area contributed by atoms with Crippen molar-refractivity contribution < 1.29 is 22.7 Å². The van der Waals surface area contributed by atoms with Gasteiger partial charge in [0.25, 0.3) is 5.91 Å². The molecule has 1 aliphatic heterocycles. The molecule has 8 nitrogen and oxygen atoms in total. The summed E-state index contributed by atoms with van der Waals surface area (Å²) in [5, 5.41) is 2.66. The van der Waals surface area contributed by atoms with E-state index >= 15 is 0 Å². The minimum Gasteiger partial charge on any atom is -0.494 e. The number of ether oxygens (including phenoxy) is 1. The zero-order valence-electron chi connectivity index (χ0n) is 17.2. The molecule has 29 heavy (non-hydrogen) atoms. The maximum Gasteiger partial charge on any atom is 0.251 e. The molecule has 162 valence electrons. The molecule has 2 rings (SSSR count).